The number of ether oxygens (including phenoxy) is 1. The fourth-order valence-electron chi connectivity index (χ4n) is 1.06. The van der Waals surface area contributed by atoms with E-state index in [4.69, 9.17) is 21.4 Å². The number of methoxy groups -OCH3 is 1. The largest absolute Gasteiger partial charge is 0.478 e. The van der Waals surface area contributed by atoms with Crippen molar-refractivity contribution in [1.82, 2.24) is 24.7 Å². The highest BCUT2D eigenvalue weighted by molar-refractivity contribution is 6.28. The van der Waals surface area contributed by atoms with Crippen LogP contribution in [0.2, 0.25) is 5.28 Å². The van der Waals surface area contributed by atoms with Gasteiger partial charge in [0, 0.05) is 6.20 Å². The topological polar surface area (TPSA) is 103 Å². The van der Waals surface area contributed by atoms with E-state index in [0.717, 1.165) is 0 Å². The summed E-state index contributed by atoms with van der Waals surface area (Å²) in [6, 6.07) is 0.0207. The molecule has 0 spiro atoms. The molecule has 0 aliphatic carbocycles. The Hall–Kier alpha value is -2.22. The molecule has 0 aliphatic heterocycles. The number of halogens is 1. The van der Waals surface area contributed by atoms with Crippen LogP contribution >= 0.6 is 11.6 Å². The first-order chi connectivity index (χ1) is 8.10. The van der Waals surface area contributed by atoms with Crippen molar-refractivity contribution in [2.45, 2.75) is 0 Å². The Morgan fingerprint density at radius 1 is 1.47 bits per heavy atom. The van der Waals surface area contributed by atoms with Gasteiger partial charge < -0.3 is 9.84 Å². The average molecular weight is 256 g/mol. The number of carboxylic acids is 1. The summed E-state index contributed by atoms with van der Waals surface area (Å²) in [5.74, 6) is -1.02. The number of aromatic carboxylic acids is 1. The number of carbonyl (C=O) groups is 1. The predicted octanol–water partition coefficient (Wildman–Crippen LogP) is 0.417. The summed E-state index contributed by atoms with van der Waals surface area (Å²) in [6.45, 7) is 0. The Morgan fingerprint density at radius 2 is 2.24 bits per heavy atom. The maximum Gasteiger partial charge on any atom is 0.338 e. The first kappa shape index (κ1) is 11.3. The van der Waals surface area contributed by atoms with Crippen LogP contribution in [0.15, 0.2) is 12.4 Å². The maximum absolute atomic E-state index is 10.7. The Bertz CT molecular complexity index is 570. The van der Waals surface area contributed by atoms with Gasteiger partial charge >= 0.3 is 12.0 Å². The number of hydrogen-bond donors (Lipinski definition) is 1. The van der Waals surface area contributed by atoms with Crippen LogP contribution < -0.4 is 4.74 Å². The maximum atomic E-state index is 10.7. The fourth-order valence-corrected chi connectivity index (χ4v) is 1.21. The van der Waals surface area contributed by atoms with Crippen molar-refractivity contribution in [3.05, 3.63) is 23.2 Å². The Kier molecular flexibility index (Phi) is 2.88. The minimum atomic E-state index is -1.09. The molecule has 0 atom stereocenters. The third kappa shape index (κ3) is 2.31. The Balaban J connectivity index is 2.44. The van der Waals surface area contributed by atoms with Gasteiger partial charge in [-0.2, -0.15) is 20.1 Å². The van der Waals surface area contributed by atoms with Crippen molar-refractivity contribution in [2.75, 3.05) is 7.11 Å². The molecule has 1 N–H and O–H groups in total. The molecule has 17 heavy (non-hydrogen) atoms. The summed E-state index contributed by atoms with van der Waals surface area (Å²) < 4.78 is 5.97. The molecule has 2 aromatic rings. The lowest BCUT2D eigenvalue weighted by atomic mass is 10.4. The van der Waals surface area contributed by atoms with E-state index >= 15 is 0 Å². The molecular weight excluding hydrogens is 250 g/mol. The molecule has 0 aromatic carbocycles. The summed E-state index contributed by atoms with van der Waals surface area (Å²) in [7, 11) is 1.38. The van der Waals surface area contributed by atoms with Gasteiger partial charge in [0.05, 0.1) is 18.9 Å². The Morgan fingerprint density at radius 3 is 2.82 bits per heavy atom. The lowest BCUT2D eigenvalue weighted by Gasteiger charge is -2.01. The molecule has 0 saturated carbocycles. The molecule has 0 radical (unpaired) electrons. The smallest absolute Gasteiger partial charge is 0.338 e. The van der Waals surface area contributed by atoms with Crippen molar-refractivity contribution in [3.63, 3.8) is 0 Å². The highest BCUT2D eigenvalue weighted by Crippen LogP contribution is 2.11. The molecule has 88 valence electrons. The van der Waals surface area contributed by atoms with E-state index in [2.05, 4.69) is 20.1 Å². The lowest BCUT2D eigenvalue weighted by Crippen LogP contribution is -2.05. The van der Waals surface area contributed by atoms with Crippen molar-refractivity contribution in [1.29, 1.82) is 0 Å². The fraction of sp³-hybridized carbons (Fsp3) is 0.125. The third-order valence-electron chi connectivity index (χ3n) is 1.79. The summed E-state index contributed by atoms with van der Waals surface area (Å²) >= 11 is 5.65. The number of aromatic nitrogens is 5. The normalized spacial score (nSPS) is 10.2. The van der Waals surface area contributed by atoms with Crippen LogP contribution in [-0.2, 0) is 0 Å². The summed E-state index contributed by atoms with van der Waals surface area (Å²) in [4.78, 5) is 22.0. The van der Waals surface area contributed by atoms with Gasteiger partial charge in [0.25, 0.3) is 5.95 Å². The number of hydrogen-bond acceptors (Lipinski definition) is 6. The molecule has 0 saturated heterocycles. The van der Waals surface area contributed by atoms with E-state index < -0.39 is 5.97 Å². The molecule has 0 fully saturated rings. The zero-order chi connectivity index (χ0) is 12.4. The molecule has 0 aliphatic rings. The minimum absolute atomic E-state index is 0.0144. The van der Waals surface area contributed by atoms with Crippen LogP contribution in [0.5, 0.6) is 6.01 Å². The zero-order valence-electron chi connectivity index (χ0n) is 8.53. The van der Waals surface area contributed by atoms with Crippen molar-refractivity contribution < 1.29 is 14.6 Å². The molecule has 0 amide bonds. The molecule has 2 heterocycles. The second-order valence-electron chi connectivity index (χ2n) is 2.87. The van der Waals surface area contributed by atoms with Gasteiger partial charge in [0.1, 0.15) is 0 Å². The molecule has 2 aromatic heterocycles. The number of nitrogens with zero attached hydrogens (tertiary/aromatic N) is 5. The van der Waals surface area contributed by atoms with Gasteiger partial charge in [-0.15, -0.1) is 0 Å². The van der Waals surface area contributed by atoms with Gasteiger partial charge in [-0.3, -0.25) is 0 Å². The monoisotopic (exact) mass is 255 g/mol. The van der Waals surface area contributed by atoms with Crippen molar-refractivity contribution in [2.24, 2.45) is 0 Å². The zero-order valence-corrected chi connectivity index (χ0v) is 9.29. The van der Waals surface area contributed by atoms with Gasteiger partial charge in [-0.05, 0) is 11.6 Å². The van der Waals surface area contributed by atoms with E-state index in [1.54, 1.807) is 0 Å². The van der Waals surface area contributed by atoms with E-state index in [0.29, 0.717) is 0 Å². The molecule has 0 bridgehead atoms. The molecule has 9 heteroatoms. The SMILES string of the molecule is COc1nc(Cl)nc(-n2cc(C(=O)O)cn2)n1. The van der Waals surface area contributed by atoms with E-state index in [1.807, 2.05) is 0 Å². The van der Waals surface area contributed by atoms with Gasteiger partial charge in [-0.1, -0.05) is 0 Å². The lowest BCUT2D eigenvalue weighted by molar-refractivity contribution is 0.0697. The van der Waals surface area contributed by atoms with Crippen LogP contribution in [0, 0.1) is 0 Å². The van der Waals surface area contributed by atoms with E-state index in [1.165, 1.54) is 24.2 Å². The highest BCUT2D eigenvalue weighted by atomic mass is 35.5. The van der Waals surface area contributed by atoms with Gasteiger partial charge in [-0.25, -0.2) is 9.48 Å². The quantitative estimate of drug-likeness (QED) is 0.847. The first-order valence-electron chi connectivity index (χ1n) is 4.34. The van der Waals surface area contributed by atoms with Crippen molar-refractivity contribution in [3.8, 4) is 12.0 Å². The molecule has 2 rings (SSSR count). The van der Waals surface area contributed by atoms with Crippen LogP contribution in [0.3, 0.4) is 0 Å². The summed E-state index contributed by atoms with van der Waals surface area (Å²) in [5.41, 5.74) is 0.0144. The second kappa shape index (κ2) is 4.34. The molecular formula is C8H6ClN5O3. The second-order valence-corrected chi connectivity index (χ2v) is 3.21. The van der Waals surface area contributed by atoms with Crippen LogP contribution in [0.4, 0.5) is 0 Å². The minimum Gasteiger partial charge on any atom is -0.478 e. The predicted molar refractivity (Wildman–Crippen MR) is 55.5 cm³/mol. The molecule has 0 unspecified atom stereocenters. The number of carboxylic acid groups (broad SMARTS) is 1. The van der Waals surface area contributed by atoms with E-state index in [-0.39, 0.29) is 22.8 Å². The van der Waals surface area contributed by atoms with Gasteiger partial charge in [0.15, 0.2) is 0 Å². The Labute approximate surface area is 99.9 Å². The summed E-state index contributed by atoms with van der Waals surface area (Å²) in [5, 5.41) is 12.5. The highest BCUT2D eigenvalue weighted by Gasteiger charge is 2.11. The van der Waals surface area contributed by atoms with Crippen LogP contribution in [0.1, 0.15) is 10.4 Å². The van der Waals surface area contributed by atoms with Crippen molar-refractivity contribution >= 4 is 17.6 Å². The van der Waals surface area contributed by atoms with Crippen LogP contribution in [-0.4, -0.2) is 42.9 Å². The first-order valence-corrected chi connectivity index (χ1v) is 4.72. The average Bonchev–Trinajstić information content (AvgIpc) is 2.77. The standard InChI is InChI=1S/C8H6ClN5O3/c1-17-8-12-6(9)11-7(13-8)14-3-4(2-10-14)5(15)16/h2-3H,1H3,(H,15,16). The third-order valence-corrected chi connectivity index (χ3v) is 1.96. The number of rotatable bonds is 3. The van der Waals surface area contributed by atoms with Gasteiger partial charge in [0.2, 0.25) is 5.28 Å². The molecule has 8 nitrogen and oxygen atoms in total. The van der Waals surface area contributed by atoms with Crippen LogP contribution in [0.25, 0.3) is 5.95 Å². The summed E-state index contributed by atoms with van der Waals surface area (Å²) in [6.07, 6.45) is 2.43. The van der Waals surface area contributed by atoms with E-state index in [9.17, 15) is 4.79 Å².